The quantitative estimate of drug-likeness (QED) is 0.771. The molecule has 0 aliphatic heterocycles. The van der Waals surface area contributed by atoms with Gasteiger partial charge in [0.1, 0.15) is 5.41 Å². The summed E-state index contributed by atoms with van der Waals surface area (Å²) in [5.74, 6) is 0.179. The van der Waals surface area contributed by atoms with Gasteiger partial charge in [0.15, 0.2) is 0 Å². The first-order chi connectivity index (χ1) is 9.95. The predicted molar refractivity (Wildman–Crippen MR) is 86.9 cm³/mol. The second-order valence-electron chi connectivity index (χ2n) is 5.95. The third-order valence-electron chi connectivity index (χ3n) is 3.75. The molecule has 21 heavy (non-hydrogen) atoms. The van der Waals surface area contributed by atoms with Gasteiger partial charge in [-0.05, 0) is 53.2 Å². The van der Waals surface area contributed by atoms with Crippen LogP contribution in [0.25, 0.3) is 0 Å². The van der Waals surface area contributed by atoms with Gasteiger partial charge in [-0.3, -0.25) is 9.59 Å². The molecule has 0 aromatic heterocycles. The monoisotopic (exact) mass is 352 g/mol. The number of benzene rings is 1. The summed E-state index contributed by atoms with van der Waals surface area (Å²) < 4.78 is 0.814. The van der Waals surface area contributed by atoms with Crippen LogP contribution in [0.1, 0.15) is 33.1 Å². The van der Waals surface area contributed by atoms with Gasteiger partial charge in [0.25, 0.3) is 0 Å². The number of amides is 2. The lowest BCUT2D eigenvalue weighted by atomic mass is 10.0. The van der Waals surface area contributed by atoms with E-state index in [-0.39, 0.29) is 11.8 Å². The van der Waals surface area contributed by atoms with Crippen molar-refractivity contribution in [2.75, 3.05) is 11.9 Å². The summed E-state index contributed by atoms with van der Waals surface area (Å²) in [7, 11) is 0. The van der Waals surface area contributed by atoms with E-state index in [0.717, 1.165) is 10.9 Å². The number of halogens is 1. The van der Waals surface area contributed by atoms with E-state index < -0.39 is 5.41 Å². The molecule has 2 N–H and O–H groups in total. The lowest BCUT2D eigenvalue weighted by Crippen LogP contribution is -2.40. The number of carbonyl (C=O) groups is 2. The van der Waals surface area contributed by atoms with Crippen molar-refractivity contribution in [3.8, 4) is 0 Å². The molecular weight excluding hydrogens is 332 g/mol. The molecule has 0 unspecified atom stereocenters. The summed E-state index contributed by atoms with van der Waals surface area (Å²) in [4.78, 5) is 24.6. The summed E-state index contributed by atoms with van der Waals surface area (Å²) in [5, 5.41) is 5.73. The summed E-state index contributed by atoms with van der Waals surface area (Å²) in [6.45, 7) is 4.85. The first-order valence-electron chi connectivity index (χ1n) is 7.30. The highest BCUT2D eigenvalue weighted by Gasteiger charge is 2.56. The molecule has 1 aromatic rings. The Morgan fingerprint density at radius 3 is 2.48 bits per heavy atom. The SMILES string of the molecule is CC(C)CCNC(=O)C1(C(=O)Nc2ccccc2Br)CC1. The second kappa shape index (κ2) is 6.60. The van der Waals surface area contributed by atoms with Gasteiger partial charge in [-0.15, -0.1) is 0 Å². The molecule has 0 radical (unpaired) electrons. The maximum Gasteiger partial charge on any atom is 0.240 e. The Morgan fingerprint density at radius 2 is 1.90 bits per heavy atom. The average molecular weight is 353 g/mol. The van der Waals surface area contributed by atoms with E-state index in [9.17, 15) is 9.59 Å². The third kappa shape index (κ3) is 3.84. The van der Waals surface area contributed by atoms with Gasteiger partial charge < -0.3 is 10.6 Å². The standard InChI is InChI=1S/C16H21BrN2O2/c1-11(2)7-10-18-14(20)16(8-9-16)15(21)19-13-6-4-3-5-12(13)17/h3-6,11H,7-10H2,1-2H3,(H,18,20)(H,19,21). The molecule has 1 fully saturated rings. The Kier molecular flexibility index (Phi) is 5.04. The zero-order chi connectivity index (χ0) is 15.5. The number of carbonyl (C=O) groups excluding carboxylic acids is 2. The highest BCUT2D eigenvalue weighted by Crippen LogP contribution is 2.47. The van der Waals surface area contributed by atoms with Gasteiger partial charge in [0.2, 0.25) is 11.8 Å². The zero-order valence-corrected chi connectivity index (χ0v) is 14.0. The van der Waals surface area contributed by atoms with Crippen LogP contribution in [0.2, 0.25) is 0 Å². The smallest absolute Gasteiger partial charge is 0.240 e. The fraction of sp³-hybridized carbons (Fsp3) is 0.500. The molecule has 0 atom stereocenters. The molecule has 1 aliphatic carbocycles. The maximum absolute atomic E-state index is 12.4. The minimum atomic E-state index is -0.869. The van der Waals surface area contributed by atoms with Gasteiger partial charge in [-0.2, -0.15) is 0 Å². The second-order valence-corrected chi connectivity index (χ2v) is 6.81. The van der Waals surface area contributed by atoms with Crippen LogP contribution in [0, 0.1) is 11.3 Å². The highest BCUT2D eigenvalue weighted by molar-refractivity contribution is 9.10. The van der Waals surface area contributed by atoms with Crippen molar-refractivity contribution in [1.82, 2.24) is 5.32 Å². The molecule has 1 aliphatic rings. The maximum atomic E-state index is 12.4. The van der Waals surface area contributed by atoms with Crippen molar-refractivity contribution in [3.05, 3.63) is 28.7 Å². The molecule has 5 heteroatoms. The van der Waals surface area contributed by atoms with Gasteiger partial charge >= 0.3 is 0 Å². The molecular formula is C16H21BrN2O2. The van der Waals surface area contributed by atoms with Gasteiger partial charge in [-0.25, -0.2) is 0 Å². The van der Waals surface area contributed by atoms with E-state index in [1.54, 1.807) is 0 Å². The van der Waals surface area contributed by atoms with E-state index in [4.69, 9.17) is 0 Å². The van der Waals surface area contributed by atoms with Crippen molar-refractivity contribution >= 4 is 33.4 Å². The summed E-state index contributed by atoms with van der Waals surface area (Å²) in [5.41, 5.74) is -0.171. The summed E-state index contributed by atoms with van der Waals surface area (Å²) in [6, 6.07) is 7.40. The largest absolute Gasteiger partial charge is 0.355 e. The van der Waals surface area contributed by atoms with E-state index in [2.05, 4.69) is 40.4 Å². The molecule has 1 saturated carbocycles. The predicted octanol–water partition coefficient (Wildman–Crippen LogP) is 3.33. The van der Waals surface area contributed by atoms with Crippen molar-refractivity contribution in [1.29, 1.82) is 0 Å². The molecule has 114 valence electrons. The minimum Gasteiger partial charge on any atom is -0.355 e. The molecule has 2 amide bonds. The Balaban J connectivity index is 1.95. The Morgan fingerprint density at radius 1 is 1.24 bits per heavy atom. The van der Waals surface area contributed by atoms with E-state index in [1.165, 1.54) is 0 Å². The molecule has 0 bridgehead atoms. The molecule has 1 aromatic carbocycles. The Labute approximate surface area is 133 Å². The van der Waals surface area contributed by atoms with Crippen LogP contribution in [0.4, 0.5) is 5.69 Å². The molecule has 2 rings (SSSR count). The Hall–Kier alpha value is -1.36. The van der Waals surface area contributed by atoms with Crippen LogP contribution in [0.15, 0.2) is 28.7 Å². The lowest BCUT2D eigenvalue weighted by Gasteiger charge is -2.16. The van der Waals surface area contributed by atoms with Gasteiger partial charge in [0.05, 0.1) is 5.69 Å². The number of hydrogen-bond acceptors (Lipinski definition) is 2. The van der Waals surface area contributed by atoms with Gasteiger partial charge in [-0.1, -0.05) is 26.0 Å². The first-order valence-corrected chi connectivity index (χ1v) is 8.09. The van der Waals surface area contributed by atoms with Crippen molar-refractivity contribution in [2.45, 2.75) is 33.1 Å². The zero-order valence-electron chi connectivity index (χ0n) is 12.4. The van der Waals surface area contributed by atoms with Crippen LogP contribution < -0.4 is 10.6 Å². The first kappa shape index (κ1) is 16.0. The van der Waals surface area contributed by atoms with Crippen LogP contribution in [0.5, 0.6) is 0 Å². The highest BCUT2D eigenvalue weighted by atomic mass is 79.9. The normalized spacial score (nSPS) is 15.6. The molecule has 0 saturated heterocycles. The number of nitrogens with one attached hydrogen (secondary N) is 2. The summed E-state index contributed by atoms with van der Waals surface area (Å²) in [6.07, 6.45) is 2.17. The van der Waals surface area contributed by atoms with E-state index in [0.29, 0.717) is 31.0 Å². The van der Waals surface area contributed by atoms with E-state index >= 15 is 0 Å². The molecule has 4 nitrogen and oxygen atoms in total. The molecule has 0 heterocycles. The average Bonchev–Trinajstić information content (AvgIpc) is 3.22. The number of hydrogen-bond donors (Lipinski definition) is 2. The third-order valence-corrected chi connectivity index (χ3v) is 4.44. The lowest BCUT2D eigenvalue weighted by molar-refractivity contribution is -0.134. The number of rotatable bonds is 6. The fourth-order valence-electron chi connectivity index (χ4n) is 2.13. The van der Waals surface area contributed by atoms with Crippen LogP contribution >= 0.6 is 15.9 Å². The van der Waals surface area contributed by atoms with Gasteiger partial charge in [0, 0.05) is 11.0 Å². The van der Waals surface area contributed by atoms with Crippen molar-refractivity contribution < 1.29 is 9.59 Å². The van der Waals surface area contributed by atoms with E-state index in [1.807, 2.05) is 24.3 Å². The van der Waals surface area contributed by atoms with Crippen molar-refractivity contribution in [3.63, 3.8) is 0 Å². The van der Waals surface area contributed by atoms with Crippen LogP contribution in [-0.2, 0) is 9.59 Å². The number of para-hydroxylation sites is 1. The van der Waals surface area contributed by atoms with Crippen LogP contribution in [0.3, 0.4) is 0 Å². The Bertz CT molecular complexity index is 539. The summed E-state index contributed by atoms with van der Waals surface area (Å²) >= 11 is 3.39. The van der Waals surface area contributed by atoms with Crippen LogP contribution in [-0.4, -0.2) is 18.4 Å². The topological polar surface area (TPSA) is 58.2 Å². The van der Waals surface area contributed by atoms with Crippen molar-refractivity contribution in [2.24, 2.45) is 11.3 Å². The minimum absolute atomic E-state index is 0.146. The number of anilines is 1. The molecule has 0 spiro atoms. The fourth-order valence-corrected chi connectivity index (χ4v) is 2.51.